The fraction of sp³-hybridized carbons (Fsp3) is 0.107. The highest BCUT2D eigenvalue weighted by Gasteiger charge is 2.14. The minimum atomic E-state index is -0.267. The molecule has 1 aromatic heterocycles. The molecule has 0 saturated carbocycles. The van der Waals surface area contributed by atoms with E-state index in [1.807, 2.05) is 30.3 Å². The maximum absolute atomic E-state index is 12.8. The van der Waals surface area contributed by atoms with Crippen molar-refractivity contribution in [2.75, 3.05) is 29.1 Å². The van der Waals surface area contributed by atoms with E-state index >= 15 is 0 Å². The van der Waals surface area contributed by atoms with E-state index in [9.17, 15) is 14.4 Å². The SMILES string of the molecule is CN(C(=O)c1cccc(NC(=O)CNc2ccc(C(=O)NCc3ccco3)cc2)c1)c1ccccc1. The molecule has 3 aromatic carbocycles. The first-order valence-electron chi connectivity index (χ1n) is 11.4. The second kappa shape index (κ2) is 11.5. The number of carbonyl (C=O) groups is 3. The maximum Gasteiger partial charge on any atom is 0.258 e. The number of amides is 3. The van der Waals surface area contributed by atoms with Crippen LogP contribution in [0.5, 0.6) is 0 Å². The van der Waals surface area contributed by atoms with Gasteiger partial charge in [0.2, 0.25) is 5.91 Å². The number of nitrogens with one attached hydrogen (secondary N) is 3. The molecular weight excluding hydrogens is 456 g/mol. The Hall–Kier alpha value is -4.85. The quantitative estimate of drug-likeness (QED) is 0.325. The third-order valence-corrected chi connectivity index (χ3v) is 5.44. The van der Waals surface area contributed by atoms with Gasteiger partial charge in [-0.05, 0) is 66.7 Å². The van der Waals surface area contributed by atoms with Gasteiger partial charge in [0.25, 0.3) is 11.8 Å². The van der Waals surface area contributed by atoms with Crippen LogP contribution in [-0.2, 0) is 11.3 Å². The van der Waals surface area contributed by atoms with Gasteiger partial charge in [-0.25, -0.2) is 0 Å². The molecule has 0 fully saturated rings. The molecule has 36 heavy (non-hydrogen) atoms. The average Bonchev–Trinajstić information content (AvgIpc) is 3.44. The van der Waals surface area contributed by atoms with E-state index in [0.717, 1.165) is 5.69 Å². The van der Waals surface area contributed by atoms with Crippen molar-refractivity contribution in [1.82, 2.24) is 5.32 Å². The summed E-state index contributed by atoms with van der Waals surface area (Å²) in [6.07, 6.45) is 1.55. The Bertz CT molecular complexity index is 1320. The lowest BCUT2D eigenvalue weighted by atomic mass is 10.1. The second-order valence-corrected chi connectivity index (χ2v) is 8.02. The maximum atomic E-state index is 12.8. The van der Waals surface area contributed by atoms with Gasteiger partial charge in [-0.2, -0.15) is 0 Å². The summed E-state index contributed by atoms with van der Waals surface area (Å²) >= 11 is 0. The fourth-order valence-electron chi connectivity index (χ4n) is 3.50. The molecule has 0 atom stereocenters. The number of hydrogen-bond acceptors (Lipinski definition) is 5. The number of benzene rings is 3. The van der Waals surface area contributed by atoms with Gasteiger partial charge < -0.3 is 25.3 Å². The smallest absolute Gasteiger partial charge is 0.258 e. The lowest BCUT2D eigenvalue weighted by molar-refractivity contribution is -0.114. The van der Waals surface area contributed by atoms with E-state index in [2.05, 4.69) is 16.0 Å². The second-order valence-electron chi connectivity index (χ2n) is 8.02. The topological polar surface area (TPSA) is 104 Å². The van der Waals surface area contributed by atoms with Crippen molar-refractivity contribution in [3.8, 4) is 0 Å². The van der Waals surface area contributed by atoms with Crippen molar-refractivity contribution < 1.29 is 18.8 Å². The number of para-hydroxylation sites is 1. The summed E-state index contributed by atoms with van der Waals surface area (Å²) in [5.74, 6) is 0.00814. The molecule has 0 spiro atoms. The van der Waals surface area contributed by atoms with E-state index in [1.165, 1.54) is 0 Å². The summed E-state index contributed by atoms with van der Waals surface area (Å²) in [6.45, 7) is 0.327. The molecule has 0 saturated heterocycles. The number of anilines is 3. The molecule has 0 aliphatic rings. The van der Waals surface area contributed by atoms with Gasteiger partial charge in [0.1, 0.15) is 5.76 Å². The molecule has 8 heteroatoms. The molecule has 0 aliphatic heterocycles. The Kier molecular flexibility index (Phi) is 7.77. The van der Waals surface area contributed by atoms with Crippen molar-refractivity contribution in [3.63, 3.8) is 0 Å². The van der Waals surface area contributed by atoms with E-state index < -0.39 is 0 Å². The van der Waals surface area contributed by atoms with Crippen LogP contribution in [0.4, 0.5) is 17.1 Å². The zero-order valence-corrected chi connectivity index (χ0v) is 19.7. The number of rotatable bonds is 9. The average molecular weight is 483 g/mol. The first-order chi connectivity index (χ1) is 17.5. The number of nitrogens with zero attached hydrogens (tertiary/aromatic N) is 1. The molecular formula is C28H26N4O4. The van der Waals surface area contributed by atoms with Crippen LogP contribution in [0.3, 0.4) is 0 Å². The molecule has 4 aromatic rings. The summed E-state index contributed by atoms with van der Waals surface area (Å²) in [4.78, 5) is 39.1. The van der Waals surface area contributed by atoms with Gasteiger partial charge in [0.15, 0.2) is 0 Å². The van der Waals surface area contributed by atoms with E-state index in [0.29, 0.717) is 34.8 Å². The molecule has 1 heterocycles. The summed E-state index contributed by atoms with van der Waals surface area (Å²) < 4.78 is 5.20. The first kappa shape index (κ1) is 24.3. The van der Waals surface area contributed by atoms with Crippen LogP contribution in [0.2, 0.25) is 0 Å². The molecule has 8 nitrogen and oxygen atoms in total. The van der Waals surface area contributed by atoms with Crippen molar-refractivity contribution in [1.29, 1.82) is 0 Å². The Balaban J connectivity index is 1.27. The highest BCUT2D eigenvalue weighted by atomic mass is 16.3. The van der Waals surface area contributed by atoms with Crippen LogP contribution in [0.15, 0.2) is 102 Å². The number of carbonyl (C=O) groups excluding carboxylic acids is 3. The summed E-state index contributed by atoms with van der Waals surface area (Å²) in [6, 6.07) is 26.5. The summed E-state index contributed by atoms with van der Waals surface area (Å²) in [5.41, 5.74) is 2.97. The highest BCUT2D eigenvalue weighted by molar-refractivity contribution is 6.06. The van der Waals surface area contributed by atoms with Crippen molar-refractivity contribution >= 4 is 34.8 Å². The molecule has 182 valence electrons. The molecule has 0 unspecified atom stereocenters. The van der Waals surface area contributed by atoms with Crippen molar-refractivity contribution in [3.05, 3.63) is 114 Å². The van der Waals surface area contributed by atoms with Crippen molar-refractivity contribution in [2.45, 2.75) is 6.54 Å². The Morgan fingerprint density at radius 1 is 0.806 bits per heavy atom. The minimum Gasteiger partial charge on any atom is -0.467 e. The van der Waals surface area contributed by atoms with Gasteiger partial charge in [0.05, 0.1) is 19.4 Å². The molecule has 0 radical (unpaired) electrons. The van der Waals surface area contributed by atoms with Gasteiger partial charge >= 0.3 is 0 Å². The van der Waals surface area contributed by atoms with Crippen LogP contribution in [0.25, 0.3) is 0 Å². The monoisotopic (exact) mass is 482 g/mol. The fourth-order valence-corrected chi connectivity index (χ4v) is 3.50. The van der Waals surface area contributed by atoms with Crippen LogP contribution >= 0.6 is 0 Å². The van der Waals surface area contributed by atoms with Crippen LogP contribution in [0, 0.1) is 0 Å². The zero-order chi connectivity index (χ0) is 25.3. The Morgan fingerprint density at radius 2 is 1.58 bits per heavy atom. The van der Waals surface area contributed by atoms with E-state index in [-0.39, 0.29) is 24.3 Å². The van der Waals surface area contributed by atoms with Crippen LogP contribution in [0.1, 0.15) is 26.5 Å². The molecule has 4 rings (SSSR count). The molecule has 3 amide bonds. The zero-order valence-electron chi connectivity index (χ0n) is 19.7. The van der Waals surface area contributed by atoms with E-state index in [4.69, 9.17) is 4.42 Å². The summed E-state index contributed by atoms with van der Waals surface area (Å²) in [7, 11) is 1.71. The normalized spacial score (nSPS) is 10.4. The molecule has 0 aliphatic carbocycles. The third-order valence-electron chi connectivity index (χ3n) is 5.44. The number of furan rings is 1. The minimum absolute atomic E-state index is 0.0200. The Morgan fingerprint density at radius 3 is 2.31 bits per heavy atom. The highest BCUT2D eigenvalue weighted by Crippen LogP contribution is 2.17. The predicted octanol–water partition coefficient (Wildman–Crippen LogP) is 4.54. The van der Waals surface area contributed by atoms with Crippen molar-refractivity contribution in [2.24, 2.45) is 0 Å². The van der Waals surface area contributed by atoms with Crippen LogP contribution < -0.4 is 20.9 Å². The van der Waals surface area contributed by atoms with Gasteiger partial charge in [-0.1, -0.05) is 24.3 Å². The first-order valence-corrected chi connectivity index (χ1v) is 11.4. The van der Waals surface area contributed by atoms with Gasteiger partial charge in [0, 0.05) is 35.2 Å². The standard InChI is InChI=1S/C28H26N4O4/c1-32(24-9-3-2-4-10-24)28(35)21-7-5-8-23(17-21)31-26(33)19-29-22-14-12-20(13-15-22)27(34)30-18-25-11-6-16-36-25/h2-17,29H,18-19H2,1H3,(H,30,34)(H,31,33). The lowest BCUT2D eigenvalue weighted by Crippen LogP contribution is -2.26. The molecule has 0 bridgehead atoms. The Labute approximate surface area is 208 Å². The lowest BCUT2D eigenvalue weighted by Gasteiger charge is -2.17. The third kappa shape index (κ3) is 6.38. The molecule has 3 N–H and O–H groups in total. The summed E-state index contributed by atoms with van der Waals surface area (Å²) in [5, 5.41) is 8.61. The van der Waals surface area contributed by atoms with E-state index in [1.54, 1.807) is 78.9 Å². The largest absolute Gasteiger partial charge is 0.467 e. The van der Waals surface area contributed by atoms with Gasteiger partial charge in [-0.3, -0.25) is 14.4 Å². The van der Waals surface area contributed by atoms with Gasteiger partial charge in [-0.15, -0.1) is 0 Å². The predicted molar refractivity (Wildman–Crippen MR) is 139 cm³/mol. The van der Waals surface area contributed by atoms with Crippen LogP contribution in [-0.4, -0.2) is 31.3 Å². The number of hydrogen-bond donors (Lipinski definition) is 3.